The fourth-order valence-electron chi connectivity index (χ4n) is 2.05. The third-order valence-corrected chi connectivity index (χ3v) is 2.90. The maximum atomic E-state index is 5.61. The molecule has 1 aromatic carbocycles. The van der Waals surface area contributed by atoms with E-state index in [1.165, 1.54) is 0 Å². The third-order valence-electron chi connectivity index (χ3n) is 2.90. The minimum absolute atomic E-state index is 0.0289. The summed E-state index contributed by atoms with van der Waals surface area (Å²) in [7, 11) is 3.65. The van der Waals surface area contributed by atoms with Crippen molar-refractivity contribution in [2.45, 2.75) is 12.1 Å². The van der Waals surface area contributed by atoms with Crippen molar-refractivity contribution < 1.29 is 9.15 Å². The summed E-state index contributed by atoms with van der Waals surface area (Å²) in [4.78, 5) is 0. The van der Waals surface area contributed by atoms with Gasteiger partial charge in [0.15, 0.2) is 0 Å². The van der Waals surface area contributed by atoms with E-state index in [2.05, 4.69) is 17.4 Å². The van der Waals surface area contributed by atoms with E-state index in [-0.39, 0.29) is 12.1 Å². The first-order valence-electron chi connectivity index (χ1n) is 5.64. The molecule has 0 fully saturated rings. The van der Waals surface area contributed by atoms with Crippen LogP contribution in [-0.4, -0.2) is 14.2 Å². The Bertz CT molecular complexity index is 425. The Morgan fingerprint density at radius 1 is 1.12 bits per heavy atom. The fraction of sp³-hybridized carbons (Fsp3) is 0.286. The second-order valence-electron chi connectivity index (χ2n) is 3.89. The number of methoxy groups -OCH3 is 1. The first-order valence-corrected chi connectivity index (χ1v) is 5.64. The van der Waals surface area contributed by atoms with E-state index in [1.807, 2.05) is 31.3 Å². The highest BCUT2D eigenvalue weighted by molar-refractivity contribution is 5.24. The zero-order valence-corrected chi connectivity index (χ0v) is 10.1. The summed E-state index contributed by atoms with van der Waals surface area (Å²) in [5.41, 5.74) is 2.23. The minimum Gasteiger partial charge on any atom is -0.472 e. The Hall–Kier alpha value is -1.58. The van der Waals surface area contributed by atoms with E-state index in [0.29, 0.717) is 0 Å². The first-order chi connectivity index (χ1) is 8.36. The second kappa shape index (κ2) is 5.66. The van der Waals surface area contributed by atoms with Gasteiger partial charge < -0.3 is 14.5 Å². The van der Waals surface area contributed by atoms with Crippen LogP contribution in [0.1, 0.15) is 23.3 Å². The molecule has 0 aliphatic carbocycles. The maximum absolute atomic E-state index is 5.61. The van der Waals surface area contributed by atoms with Crippen molar-refractivity contribution in [2.75, 3.05) is 14.2 Å². The number of hydrogen-bond donors (Lipinski definition) is 1. The quantitative estimate of drug-likeness (QED) is 0.859. The van der Waals surface area contributed by atoms with E-state index in [4.69, 9.17) is 9.15 Å². The van der Waals surface area contributed by atoms with Gasteiger partial charge in [0.25, 0.3) is 0 Å². The van der Waals surface area contributed by atoms with Crippen LogP contribution in [0.2, 0.25) is 0 Å². The van der Waals surface area contributed by atoms with Gasteiger partial charge in [-0.15, -0.1) is 0 Å². The third kappa shape index (κ3) is 2.57. The smallest absolute Gasteiger partial charge is 0.102 e. The molecule has 0 aliphatic heterocycles. The predicted octanol–water partition coefficient (Wildman–Crippen LogP) is 2.93. The molecule has 2 rings (SSSR count). The van der Waals surface area contributed by atoms with Crippen LogP contribution in [0, 0.1) is 0 Å². The van der Waals surface area contributed by atoms with Crippen LogP contribution >= 0.6 is 0 Å². The molecule has 3 heteroatoms. The molecule has 0 spiro atoms. The maximum Gasteiger partial charge on any atom is 0.102 e. The number of nitrogens with one attached hydrogen (secondary N) is 1. The molecule has 0 bridgehead atoms. The van der Waals surface area contributed by atoms with Crippen molar-refractivity contribution in [3.8, 4) is 0 Å². The summed E-state index contributed by atoms with van der Waals surface area (Å²) in [6.45, 7) is 0. The molecule has 1 aromatic heterocycles. The summed E-state index contributed by atoms with van der Waals surface area (Å²) in [6, 6.07) is 12.2. The summed E-state index contributed by atoms with van der Waals surface area (Å²) in [6.07, 6.45) is 3.40. The van der Waals surface area contributed by atoms with Gasteiger partial charge in [-0.05, 0) is 18.7 Å². The summed E-state index contributed by atoms with van der Waals surface area (Å²) >= 11 is 0. The lowest BCUT2D eigenvalue weighted by Gasteiger charge is -2.25. The highest BCUT2D eigenvalue weighted by Crippen LogP contribution is 2.31. The number of hydrogen-bond acceptors (Lipinski definition) is 3. The number of rotatable bonds is 5. The van der Waals surface area contributed by atoms with Crippen molar-refractivity contribution in [1.82, 2.24) is 5.32 Å². The summed E-state index contributed by atoms with van der Waals surface area (Å²) in [5.74, 6) is 0. The molecule has 3 nitrogen and oxygen atoms in total. The Morgan fingerprint density at radius 2 is 1.88 bits per heavy atom. The molecule has 0 saturated heterocycles. The Morgan fingerprint density at radius 3 is 2.41 bits per heavy atom. The fourth-order valence-corrected chi connectivity index (χ4v) is 2.05. The van der Waals surface area contributed by atoms with E-state index >= 15 is 0 Å². The summed E-state index contributed by atoms with van der Waals surface area (Å²) in [5, 5.41) is 3.27. The van der Waals surface area contributed by atoms with Crippen LogP contribution in [0.25, 0.3) is 0 Å². The van der Waals surface area contributed by atoms with E-state index in [0.717, 1.165) is 11.1 Å². The lowest BCUT2D eigenvalue weighted by Crippen LogP contribution is -2.24. The normalized spacial score (nSPS) is 14.5. The zero-order chi connectivity index (χ0) is 12.1. The van der Waals surface area contributed by atoms with Crippen LogP contribution in [-0.2, 0) is 4.74 Å². The van der Waals surface area contributed by atoms with Gasteiger partial charge in [-0.1, -0.05) is 30.3 Å². The van der Waals surface area contributed by atoms with Gasteiger partial charge in [0.2, 0.25) is 0 Å². The SMILES string of the molecule is CNC(c1ccoc1)C(OC)c1ccccc1. The molecule has 2 aromatic rings. The number of ether oxygens (including phenoxy) is 1. The average molecular weight is 231 g/mol. The van der Waals surface area contributed by atoms with Gasteiger partial charge in [0, 0.05) is 12.7 Å². The zero-order valence-electron chi connectivity index (χ0n) is 10.1. The average Bonchev–Trinajstić information content (AvgIpc) is 2.90. The minimum atomic E-state index is -0.0289. The van der Waals surface area contributed by atoms with Gasteiger partial charge in [0.1, 0.15) is 6.10 Å². The highest BCUT2D eigenvalue weighted by atomic mass is 16.5. The van der Waals surface area contributed by atoms with E-state index in [9.17, 15) is 0 Å². The molecule has 90 valence electrons. The lowest BCUT2D eigenvalue weighted by atomic mass is 9.98. The molecular formula is C14H17NO2. The molecule has 1 heterocycles. The largest absolute Gasteiger partial charge is 0.472 e. The van der Waals surface area contributed by atoms with Gasteiger partial charge in [-0.25, -0.2) is 0 Å². The van der Waals surface area contributed by atoms with Crippen molar-refractivity contribution in [3.05, 3.63) is 60.1 Å². The predicted molar refractivity (Wildman–Crippen MR) is 66.7 cm³/mol. The topological polar surface area (TPSA) is 34.4 Å². The molecular weight excluding hydrogens is 214 g/mol. The molecule has 0 saturated carbocycles. The molecule has 0 amide bonds. The van der Waals surface area contributed by atoms with Crippen molar-refractivity contribution in [2.24, 2.45) is 0 Å². The Balaban J connectivity index is 2.28. The van der Waals surface area contributed by atoms with Crippen LogP contribution in [0.5, 0.6) is 0 Å². The van der Waals surface area contributed by atoms with Crippen LogP contribution < -0.4 is 5.32 Å². The molecule has 2 atom stereocenters. The number of benzene rings is 1. The summed E-state index contributed by atoms with van der Waals surface area (Å²) < 4.78 is 10.7. The monoisotopic (exact) mass is 231 g/mol. The molecule has 17 heavy (non-hydrogen) atoms. The molecule has 0 aliphatic rings. The second-order valence-corrected chi connectivity index (χ2v) is 3.89. The number of furan rings is 1. The Kier molecular flexibility index (Phi) is 3.96. The van der Waals surface area contributed by atoms with Gasteiger partial charge in [-0.2, -0.15) is 0 Å². The molecule has 0 radical (unpaired) electrons. The van der Waals surface area contributed by atoms with Crippen molar-refractivity contribution in [3.63, 3.8) is 0 Å². The highest BCUT2D eigenvalue weighted by Gasteiger charge is 2.23. The van der Waals surface area contributed by atoms with E-state index < -0.39 is 0 Å². The number of likely N-dealkylation sites (N-methyl/N-ethyl adjacent to an activating group) is 1. The van der Waals surface area contributed by atoms with Crippen LogP contribution in [0.3, 0.4) is 0 Å². The van der Waals surface area contributed by atoms with Crippen LogP contribution in [0.4, 0.5) is 0 Å². The van der Waals surface area contributed by atoms with Crippen molar-refractivity contribution in [1.29, 1.82) is 0 Å². The Labute approximate surface area is 101 Å². The molecule has 1 N–H and O–H groups in total. The van der Waals surface area contributed by atoms with E-state index in [1.54, 1.807) is 19.6 Å². The van der Waals surface area contributed by atoms with Crippen molar-refractivity contribution >= 4 is 0 Å². The van der Waals surface area contributed by atoms with Crippen LogP contribution in [0.15, 0.2) is 53.3 Å². The van der Waals surface area contributed by atoms with Gasteiger partial charge in [-0.3, -0.25) is 0 Å². The first kappa shape index (κ1) is 11.9. The lowest BCUT2D eigenvalue weighted by molar-refractivity contribution is 0.0700. The standard InChI is InChI=1S/C14H17NO2/c1-15-13(12-8-9-17-10-12)14(16-2)11-6-4-3-5-7-11/h3-10,13-15H,1-2H3. The molecule has 2 unspecified atom stereocenters. The van der Waals surface area contributed by atoms with Gasteiger partial charge >= 0.3 is 0 Å². The van der Waals surface area contributed by atoms with Gasteiger partial charge in [0.05, 0.1) is 18.6 Å².